The number of rotatable bonds is 12. The predicted molar refractivity (Wildman–Crippen MR) is 230 cm³/mol. The Bertz CT molecular complexity index is 1750. The lowest BCUT2D eigenvalue weighted by molar-refractivity contribution is -0.238. The summed E-state index contributed by atoms with van der Waals surface area (Å²) in [6, 6.07) is 0. The molecule has 1 amide bonds. The van der Waals surface area contributed by atoms with Crippen LogP contribution in [-0.2, 0) is 56.9 Å². The molecule has 14 heteroatoms. The minimum absolute atomic E-state index is 0.0898. The molecule has 1 heterocycles. The maximum absolute atomic E-state index is 13.4. The van der Waals surface area contributed by atoms with Crippen LogP contribution in [-0.4, -0.2) is 67.6 Å². The number of nitrogens with one attached hydrogen (secondary N) is 1. The minimum Gasteiger partial charge on any atom is -0.463 e. The van der Waals surface area contributed by atoms with Crippen molar-refractivity contribution in [2.75, 3.05) is 20.0 Å². The van der Waals surface area contributed by atoms with Gasteiger partial charge < -0.3 is 23.7 Å². The van der Waals surface area contributed by atoms with Crippen molar-refractivity contribution in [3.8, 4) is 0 Å². The molecule has 8 bridgehead atoms. The normalized spacial score (nSPS) is 46.0. The fraction of sp³-hybridized carbons (Fsp3) is 0.898. The maximum atomic E-state index is 13.4. The monoisotopic (exact) mass is 899 g/mol. The first-order chi connectivity index (χ1) is 30.1. The fourth-order valence-electron chi connectivity index (χ4n) is 16.6. The summed E-state index contributed by atoms with van der Waals surface area (Å²) in [6.45, 7) is 17.7. The Labute approximate surface area is 378 Å². The summed E-state index contributed by atoms with van der Waals surface area (Å²) in [6.07, 6.45) is 9.58. The Kier molecular flexibility index (Phi) is 13.1. The molecule has 0 aromatic rings. The number of amides is 1. The molecule has 9 saturated carbocycles. The van der Waals surface area contributed by atoms with E-state index in [4.69, 9.17) is 32.9 Å². The van der Waals surface area contributed by atoms with Gasteiger partial charge in [-0.3, -0.25) is 23.9 Å². The van der Waals surface area contributed by atoms with E-state index in [-0.39, 0.29) is 72.9 Å². The molecular formula is C49H73NO12S. The topological polar surface area (TPSA) is 162 Å². The lowest BCUT2D eigenvalue weighted by Gasteiger charge is -2.45. The van der Waals surface area contributed by atoms with Gasteiger partial charge in [-0.2, -0.15) is 0 Å². The second-order valence-electron chi connectivity index (χ2n) is 22.6. The molecule has 63 heavy (non-hydrogen) atoms. The molecule has 13 nitrogen and oxygen atoms in total. The molecule has 0 radical (unpaired) electrons. The van der Waals surface area contributed by atoms with Crippen molar-refractivity contribution >= 4 is 42.0 Å². The van der Waals surface area contributed by atoms with E-state index in [1.165, 1.54) is 19.3 Å². The van der Waals surface area contributed by atoms with Gasteiger partial charge in [0, 0.05) is 13.0 Å². The summed E-state index contributed by atoms with van der Waals surface area (Å²) >= 11 is 0.864. The van der Waals surface area contributed by atoms with Crippen molar-refractivity contribution in [1.82, 2.24) is 4.72 Å². The third kappa shape index (κ3) is 8.06. The molecule has 352 valence electrons. The Morgan fingerprint density at radius 3 is 1.65 bits per heavy atom. The van der Waals surface area contributed by atoms with Gasteiger partial charge in [-0.15, -0.1) is 4.33 Å². The summed E-state index contributed by atoms with van der Waals surface area (Å²) in [5.74, 6) is 5.07. The van der Waals surface area contributed by atoms with E-state index >= 15 is 0 Å². The number of hydrogen-bond donors (Lipinski definition) is 1. The number of hydrogen-bond acceptors (Lipinski definition) is 13. The third-order valence-electron chi connectivity index (χ3n) is 19.1. The van der Waals surface area contributed by atoms with Gasteiger partial charge >= 0.3 is 23.9 Å². The Morgan fingerprint density at radius 2 is 1.16 bits per heavy atom. The number of carbonyl (C=O) groups is 5. The second kappa shape index (κ2) is 18.0. The largest absolute Gasteiger partial charge is 0.463 e. The summed E-state index contributed by atoms with van der Waals surface area (Å²) in [5.41, 5.74) is -0.554. The van der Waals surface area contributed by atoms with Crippen LogP contribution >= 0.6 is 12.2 Å². The van der Waals surface area contributed by atoms with E-state index in [9.17, 15) is 24.0 Å². The summed E-state index contributed by atoms with van der Waals surface area (Å²) in [5, 5.41) is 0. The van der Waals surface area contributed by atoms with Crippen molar-refractivity contribution < 1.29 is 56.9 Å². The van der Waals surface area contributed by atoms with Crippen molar-refractivity contribution in [3.63, 3.8) is 0 Å². The standard InChI is InChI=1S/C26H41NO5S.C23H32O7/c1-13-14(2)17-11-16(13)20-18-12-19(21(17)20)23(25(29)30-26(3,4)5)22(18)24(28)27-33-32-31-15-9-7-6-8-10-15;1-4-27-9-29-22(25)19-14-8-15(18-13-7-12(17(14)18)10(2)11(13)3)20(19)23(26)30-16-5-6-28-21(16)24/h13-23H,6-12H2,1-5H3,(H,27,28);10-20H,4-9H2,1-3H3. The Hall–Kier alpha value is -2.42. The van der Waals surface area contributed by atoms with Crippen LogP contribution in [0.5, 0.6) is 0 Å². The average Bonchev–Trinajstić information content (AvgIpc) is 4.12. The molecule has 1 saturated heterocycles. The smallest absolute Gasteiger partial charge is 0.347 e. The Morgan fingerprint density at radius 1 is 0.667 bits per heavy atom. The van der Waals surface area contributed by atoms with Crippen LogP contribution in [0.1, 0.15) is 120 Å². The highest BCUT2D eigenvalue weighted by Crippen LogP contribution is 2.74. The quantitative estimate of drug-likeness (QED) is 0.0233. The van der Waals surface area contributed by atoms with E-state index in [0.29, 0.717) is 84.0 Å². The SMILES string of the molecule is CC1C(C)C2CC1C1C3CC(C(C(=O)OC(C)(C)C)C3C(=O)NSOOC3CCCCC3)C21.CCOCOC(=O)C1C2CC(C1C(=O)OC1CCOC1=O)C1C3CC(C(C)C3C)C21. The van der Waals surface area contributed by atoms with E-state index in [2.05, 4.69) is 32.4 Å². The molecule has 0 aromatic carbocycles. The highest BCUT2D eigenvalue weighted by Gasteiger charge is 2.73. The minimum atomic E-state index is -0.841. The molecular weight excluding hydrogens is 827 g/mol. The van der Waals surface area contributed by atoms with E-state index in [1.807, 2.05) is 27.7 Å². The first-order valence-corrected chi connectivity index (χ1v) is 25.5. The summed E-state index contributed by atoms with van der Waals surface area (Å²) in [4.78, 5) is 70.5. The van der Waals surface area contributed by atoms with Crippen molar-refractivity contribution in [1.29, 1.82) is 0 Å². The first-order valence-electron chi connectivity index (χ1n) is 24.7. The first kappa shape index (κ1) is 45.7. The van der Waals surface area contributed by atoms with Crippen LogP contribution in [0.25, 0.3) is 0 Å². The zero-order valence-electron chi connectivity index (χ0n) is 38.7. The third-order valence-corrected chi connectivity index (χ3v) is 19.5. The summed E-state index contributed by atoms with van der Waals surface area (Å²) < 4.78 is 35.2. The van der Waals surface area contributed by atoms with Crippen LogP contribution in [0, 0.1) is 118 Å². The molecule has 21 unspecified atom stereocenters. The predicted octanol–water partition coefficient (Wildman–Crippen LogP) is 7.74. The molecule has 9 aliphatic carbocycles. The van der Waals surface area contributed by atoms with Crippen molar-refractivity contribution in [3.05, 3.63) is 0 Å². The average molecular weight is 900 g/mol. The molecule has 0 spiro atoms. The number of esters is 4. The zero-order chi connectivity index (χ0) is 44.6. The molecule has 1 N–H and O–H groups in total. The Balaban J connectivity index is 0.000000161. The van der Waals surface area contributed by atoms with Gasteiger partial charge in [0.25, 0.3) is 0 Å². The molecule has 10 aliphatic rings. The lowest BCUT2D eigenvalue weighted by atomic mass is 9.59. The van der Waals surface area contributed by atoms with Crippen LogP contribution < -0.4 is 4.72 Å². The van der Waals surface area contributed by atoms with Crippen LogP contribution in [0.3, 0.4) is 0 Å². The van der Waals surface area contributed by atoms with Crippen LogP contribution in [0.2, 0.25) is 0 Å². The van der Waals surface area contributed by atoms with E-state index < -0.39 is 35.5 Å². The molecule has 10 fully saturated rings. The van der Waals surface area contributed by atoms with Crippen LogP contribution in [0.4, 0.5) is 0 Å². The molecule has 10 rings (SSSR count). The summed E-state index contributed by atoms with van der Waals surface area (Å²) in [7, 11) is 0. The molecule has 1 aliphatic heterocycles. The van der Waals surface area contributed by atoms with Gasteiger partial charge in [-0.1, -0.05) is 47.0 Å². The number of ether oxygens (including phenoxy) is 5. The highest BCUT2D eigenvalue weighted by molar-refractivity contribution is 7.93. The second-order valence-corrected chi connectivity index (χ2v) is 23.1. The van der Waals surface area contributed by atoms with Gasteiger partial charge in [0.05, 0.1) is 36.4 Å². The lowest BCUT2D eigenvalue weighted by Crippen LogP contribution is -2.49. The van der Waals surface area contributed by atoms with Crippen LogP contribution in [0.15, 0.2) is 0 Å². The number of cyclic esters (lactones) is 1. The number of carbonyl (C=O) groups excluding carboxylic acids is 5. The van der Waals surface area contributed by atoms with Crippen molar-refractivity contribution in [2.24, 2.45) is 118 Å². The molecule has 21 atom stereocenters. The van der Waals surface area contributed by atoms with Gasteiger partial charge in [0.15, 0.2) is 19.0 Å². The number of fused-ring (bicyclic) bond motifs is 18. The van der Waals surface area contributed by atoms with E-state index in [1.54, 1.807) is 0 Å². The van der Waals surface area contributed by atoms with Gasteiger partial charge in [0.2, 0.25) is 12.0 Å². The van der Waals surface area contributed by atoms with Gasteiger partial charge in [-0.05, 0) is 161 Å². The van der Waals surface area contributed by atoms with Crippen molar-refractivity contribution in [2.45, 2.75) is 137 Å². The van der Waals surface area contributed by atoms with Gasteiger partial charge in [0.1, 0.15) is 5.60 Å². The maximum Gasteiger partial charge on any atom is 0.347 e. The highest BCUT2D eigenvalue weighted by atomic mass is 32.2. The van der Waals surface area contributed by atoms with Gasteiger partial charge in [-0.25, -0.2) is 9.68 Å². The van der Waals surface area contributed by atoms with E-state index in [0.717, 1.165) is 50.8 Å². The zero-order valence-corrected chi connectivity index (χ0v) is 39.5. The fourth-order valence-corrected chi connectivity index (χ4v) is 17.0. The molecule has 0 aromatic heterocycles.